The van der Waals surface area contributed by atoms with Gasteiger partial charge in [0.25, 0.3) is 0 Å². The number of imidazole rings is 1. The molecule has 23 heavy (non-hydrogen) atoms. The molecule has 3 rings (SSSR count). The van der Waals surface area contributed by atoms with Gasteiger partial charge in [-0.2, -0.15) is 0 Å². The van der Waals surface area contributed by atoms with Crippen molar-refractivity contribution in [2.24, 2.45) is 0 Å². The van der Waals surface area contributed by atoms with Gasteiger partial charge in [0.1, 0.15) is 11.3 Å². The van der Waals surface area contributed by atoms with Crippen molar-refractivity contribution in [3.05, 3.63) is 47.5 Å². The number of fused-ring (bicyclic) bond motifs is 1. The third kappa shape index (κ3) is 2.93. The molecule has 0 bridgehead atoms. The number of nitrogens with zero attached hydrogens (tertiary/aromatic N) is 2. The van der Waals surface area contributed by atoms with Gasteiger partial charge < -0.3 is 9.47 Å². The van der Waals surface area contributed by atoms with Crippen molar-refractivity contribution >= 4 is 28.8 Å². The molecule has 3 aromatic rings. The molecule has 0 aliphatic carbocycles. The molecule has 0 amide bonds. The Hall–Kier alpha value is -2.73. The lowest BCUT2D eigenvalue weighted by molar-refractivity contribution is 0.0691. The van der Waals surface area contributed by atoms with Crippen molar-refractivity contribution in [1.82, 2.24) is 9.71 Å². The topological polar surface area (TPSA) is 62.6 Å². The normalized spacial score (nSPS) is 10.6. The fourth-order valence-electron chi connectivity index (χ4n) is 2.15. The minimum atomic E-state index is -0.848. The maximum Gasteiger partial charge on any atom is 0.533 e. The summed E-state index contributed by atoms with van der Waals surface area (Å²) in [6.45, 7) is 0. The van der Waals surface area contributed by atoms with Gasteiger partial charge in [-0.25, -0.2) is 9.78 Å². The second-order valence-electron chi connectivity index (χ2n) is 4.64. The third-order valence-corrected chi connectivity index (χ3v) is 3.49. The SMILES string of the molecule is COC(=O)On1c(-c2ccc(OC)cc2)nc2ccc(Cl)cc21. The lowest BCUT2D eigenvalue weighted by atomic mass is 10.2. The fourth-order valence-corrected chi connectivity index (χ4v) is 2.32. The first-order valence-corrected chi connectivity index (χ1v) is 7.09. The van der Waals surface area contributed by atoms with Crippen LogP contribution >= 0.6 is 11.6 Å². The highest BCUT2D eigenvalue weighted by Crippen LogP contribution is 2.27. The molecule has 0 aliphatic heterocycles. The Bertz CT molecular complexity index is 858. The van der Waals surface area contributed by atoms with Crippen LogP contribution in [0, 0.1) is 0 Å². The Morgan fingerprint density at radius 2 is 1.87 bits per heavy atom. The summed E-state index contributed by atoms with van der Waals surface area (Å²) in [6.07, 6.45) is -0.848. The lowest BCUT2D eigenvalue weighted by Crippen LogP contribution is -2.20. The molecule has 1 heterocycles. The summed E-state index contributed by atoms with van der Waals surface area (Å²) in [5.74, 6) is 1.17. The Labute approximate surface area is 137 Å². The summed E-state index contributed by atoms with van der Waals surface area (Å²) in [5.41, 5.74) is 1.96. The van der Waals surface area contributed by atoms with Crippen LogP contribution in [0.4, 0.5) is 4.79 Å². The average Bonchev–Trinajstić information content (AvgIpc) is 2.92. The smallest absolute Gasteiger partial charge is 0.497 e. The predicted molar refractivity (Wildman–Crippen MR) is 85.7 cm³/mol. The standard InChI is InChI=1S/C16H13ClN2O4/c1-21-12-6-3-10(4-7-12)15-18-13-8-5-11(17)9-14(13)19(15)23-16(20)22-2/h3-9H,1-2H3. The van der Waals surface area contributed by atoms with Crippen LogP contribution in [-0.2, 0) is 4.74 Å². The van der Waals surface area contributed by atoms with Crippen LogP contribution in [0.15, 0.2) is 42.5 Å². The van der Waals surface area contributed by atoms with E-state index in [9.17, 15) is 4.79 Å². The Morgan fingerprint density at radius 1 is 1.13 bits per heavy atom. The first-order chi connectivity index (χ1) is 11.1. The number of rotatable bonds is 3. The number of aromatic nitrogens is 2. The zero-order valence-corrected chi connectivity index (χ0v) is 13.2. The third-order valence-electron chi connectivity index (χ3n) is 3.26. The van der Waals surface area contributed by atoms with E-state index in [0.717, 1.165) is 5.56 Å². The molecule has 118 valence electrons. The predicted octanol–water partition coefficient (Wildman–Crippen LogP) is 3.56. The number of ether oxygens (including phenoxy) is 2. The molecule has 0 spiro atoms. The summed E-state index contributed by atoms with van der Waals surface area (Å²) in [6, 6.07) is 12.4. The molecule has 0 saturated carbocycles. The minimum Gasteiger partial charge on any atom is -0.497 e. The minimum absolute atomic E-state index is 0.454. The highest BCUT2D eigenvalue weighted by molar-refractivity contribution is 6.31. The van der Waals surface area contributed by atoms with E-state index in [2.05, 4.69) is 9.72 Å². The summed E-state index contributed by atoms with van der Waals surface area (Å²) in [5, 5.41) is 0.508. The summed E-state index contributed by atoms with van der Waals surface area (Å²) >= 11 is 6.03. The summed E-state index contributed by atoms with van der Waals surface area (Å²) < 4.78 is 11.0. The molecule has 6 nitrogen and oxygen atoms in total. The molecule has 0 N–H and O–H groups in total. The molecule has 7 heteroatoms. The first-order valence-electron chi connectivity index (χ1n) is 6.71. The van der Waals surface area contributed by atoms with Crippen LogP contribution in [-0.4, -0.2) is 30.1 Å². The van der Waals surface area contributed by atoms with Crippen molar-refractivity contribution in [2.45, 2.75) is 0 Å². The quantitative estimate of drug-likeness (QED) is 0.686. The van der Waals surface area contributed by atoms with Gasteiger partial charge in [-0.3, -0.25) is 4.84 Å². The number of benzene rings is 2. The second-order valence-corrected chi connectivity index (χ2v) is 5.07. The van der Waals surface area contributed by atoms with Crippen LogP contribution < -0.4 is 9.57 Å². The second kappa shape index (κ2) is 6.18. The monoisotopic (exact) mass is 332 g/mol. The number of hydrogen-bond acceptors (Lipinski definition) is 5. The molecular weight excluding hydrogens is 320 g/mol. The number of hydrogen-bond donors (Lipinski definition) is 0. The van der Waals surface area contributed by atoms with E-state index in [1.807, 2.05) is 12.1 Å². The average molecular weight is 333 g/mol. The van der Waals surface area contributed by atoms with Crippen LogP contribution in [0.5, 0.6) is 5.75 Å². The van der Waals surface area contributed by atoms with Crippen molar-refractivity contribution in [2.75, 3.05) is 14.2 Å². The van der Waals surface area contributed by atoms with E-state index in [1.165, 1.54) is 11.8 Å². The molecule has 0 unspecified atom stereocenters. The maximum atomic E-state index is 11.5. The molecule has 2 aromatic carbocycles. The Balaban J connectivity index is 2.17. The van der Waals surface area contributed by atoms with Crippen LogP contribution in [0.25, 0.3) is 22.4 Å². The van der Waals surface area contributed by atoms with Crippen LogP contribution in [0.3, 0.4) is 0 Å². The van der Waals surface area contributed by atoms with Gasteiger partial charge in [-0.05, 0) is 42.5 Å². The Kier molecular flexibility index (Phi) is 4.08. The number of halogens is 1. The van der Waals surface area contributed by atoms with Crippen LogP contribution in [0.1, 0.15) is 0 Å². The van der Waals surface area contributed by atoms with Gasteiger partial charge in [0.15, 0.2) is 5.82 Å². The molecule has 0 radical (unpaired) electrons. The number of carbonyl (C=O) groups excluding carboxylic acids is 1. The summed E-state index contributed by atoms with van der Waals surface area (Å²) in [7, 11) is 2.83. The molecule has 0 saturated heterocycles. The highest BCUT2D eigenvalue weighted by Gasteiger charge is 2.17. The van der Waals surface area contributed by atoms with Gasteiger partial charge in [0.2, 0.25) is 0 Å². The van der Waals surface area contributed by atoms with Gasteiger partial charge in [0.05, 0.1) is 19.7 Å². The van der Waals surface area contributed by atoms with Gasteiger partial charge in [-0.1, -0.05) is 11.6 Å². The van der Waals surface area contributed by atoms with E-state index in [4.69, 9.17) is 21.2 Å². The lowest BCUT2D eigenvalue weighted by Gasteiger charge is -2.08. The van der Waals surface area contributed by atoms with Crippen molar-refractivity contribution in [3.8, 4) is 17.1 Å². The molecule has 0 atom stereocenters. The van der Waals surface area contributed by atoms with E-state index < -0.39 is 6.16 Å². The summed E-state index contributed by atoms with van der Waals surface area (Å²) in [4.78, 5) is 21.3. The van der Waals surface area contributed by atoms with Crippen molar-refractivity contribution in [3.63, 3.8) is 0 Å². The highest BCUT2D eigenvalue weighted by atomic mass is 35.5. The van der Waals surface area contributed by atoms with E-state index in [-0.39, 0.29) is 0 Å². The molecule has 0 fully saturated rings. The van der Waals surface area contributed by atoms with E-state index >= 15 is 0 Å². The molecule has 1 aromatic heterocycles. The zero-order chi connectivity index (χ0) is 16.4. The first kappa shape index (κ1) is 15.2. The largest absolute Gasteiger partial charge is 0.533 e. The fraction of sp³-hybridized carbons (Fsp3) is 0.125. The van der Waals surface area contributed by atoms with Gasteiger partial charge >= 0.3 is 6.16 Å². The molecule has 0 aliphatic rings. The van der Waals surface area contributed by atoms with Crippen molar-refractivity contribution < 1.29 is 19.1 Å². The number of methoxy groups -OCH3 is 2. The van der Waals surface area contributed by atoms with E-state index in [0.29, 0.717) is 27.6 Å². The van der Waals surface area contributed by atoms with E-state index in [1.54, 1.807) is 37.4 Å². The number of carbonyl (C=O) groups is 1. The van der Waals surface area contributed by atoms with Crippen molar-refractivity contribution in [1.29, 1.82) is 0 Å². The molecular formula is C16H13ClN2O4. The maximum absolute atomic E-state index is 11.5. The zero-order valence-electron chi connectivity index (χ0n) is 12.4. The van der Waals surface area contributed by atoms with Crippen LogP contribution in [0.2, 0.25) is 5.02 Å². The Morgan fingerprint density at radius 3 is 2.52 bits per heavy atom. The van der Waals surface area contributed by atoms with Gasteiger partial charge in [-0.15, -0.1) is 4.73 Å². The van der Waals surface area contributed by atoms with Gasteiger partial charge in [0, 0.05) is 10.6 Å².